The zero-order valence-corrected chi connectivity index (χ0v) is 20.9. The van der Waals surface area contributed by atoms with E-state index in [1.54, 1.807) is 4.57 Å². The second-order valence-corrected chi connectivity index (χ2v) is 8.56. The van der Waals surface area contributed by atoms with Crippen LogP contribution in [0.2, 0.25) is 0 Å². The van der Waals surface area contributed by atoms with E-state index in [0.717, 1.165) is 68.0 Å². The number of esters is 1. The van der Waals surface area contributed by atoms with E-state index in [-0.39, 0.29) is 11.3 Å². The van der Waals surface area contributed by atoms with Crippen LogP contribution in [0.25, 0.3) is 10.9 Å². The number of fused-ring (bicyclic) bond motifs is 1. The van der Waals surface area contributed by atoms with Crippen molar-refractivity contribution in [3.8, 4) is 17.2 Å². The fourth-order valence-corrected chi connectivity index (χ4v) is 3.81. The molecule has 0 bridgehead atoms. The summed E-state index contributed by atoms with van der Waals surface area (Å²) in [6.07, 6.45) is 10.5. The van der Waals surface area contributed by atoms with E-state index < -0.39 is 5.97 Å². The highest BCUT2D eigenvalue weighted by molar-refractivity contribution is 5.90. The molecule has 0 saturated heterocycles. The monoisotopic (exact) mass is 459 g/mol. The van der Waals surface area contributed by atoms with Gasteiger partial charge in [0.2, 0.25) is 5.75 Å². The predicted octanol–water partition coefficient (Wildman–Crippen LogP) is 6.65. The maximum Gasteiger partial charge on any atom is 0.308 e. The molecule has 2 aromatic rings. The number of hydrogen-bond acceptors (Lipinski definition) is 5. The Kier molecular flexibility index (Phi) is 11.8. The molecule has 0 aliphatic carbocycles. The predicted molar refractivity (Wildman–Crippen MR) is 134 cm³/mol. The van der Waals surface area contributed by atoms with Gasteiger partial charge in [-0.15, -0.1) is 0 Å². The van der Waals surface area contributed by atoms with Crippen LogP contribution in [0.5, 0.6) is 17.2 Å². The molecule has 0 atom stereocenters. The minimum absolute atomic E-state index is 0.0187. The maximum atomic E-state index is 13.4. The lowest BCUT2D eigenvalue weighted by molar-refractivity contribution is -0.132. The summed E-state index contributed by atoms with van der Waals surface area (Å²) in [5.74, 6) is 0.535. The summed E-state index contributed by atoms with van der Waals surface area (Å²) in [7, 11) is 0. The second-order valence-electron chi connectivity index (χ2n) is 8.56. The molecule has 1 heterocycles. The summed E-state index contributed by atoms with van der Waals surface area (Å²) in [5, 5.41) is 0.760. The molecular weight excluding hydrogens is 418 g/mol. The highest BCUT2D eigenvalue weighted by Crippen LogP contribution is 2.35. The number of unbranched alkanes of at least 4 members (excludes halogenated alkanes) is 7. The average molecular weight is 460 g/mol. The normalized spacial score (nSPS) is 11.0. The molecule has 33 heavy (non-hydrogen) atoms. The number of hydrogen-bond donors (Lipinski definition) is 0. The number of aryl methyl sites for hydroxylation is 1. The van der Waals surface area contributed by atoms with E-state index in [4.69, 9.17) is 14.2 Å². The highest BCUT2D eigenvalue weighted by atomic mass is 16.6. The van der Waals surface area contributed by atoms with Gasteiger partial charge in [-0.3, -0.25) is 9.59 Å². The second kappa shape index (κ2) is 14.6. The van der Waals surface area contributed by atoms with Gasteiger partial charge in [0.05, 0.1) is 18.7 Å². The fraction of sp³-hybridized carbons (Fsp3) is 0.630. The van der Waals surface area contributed by atoms with Crippen LogP contribution in [0.3, 0.4) is 0 Å². The summed E-state index contributed by atoms with van der Waals surface area (Å²) in [6, 6.07) is 5.72. The summed E-state index contributed by atoms with van der Waals surface area (Å²) in [4.78, 5) is 25.2. The van der Waals surface area contributed by atoms with Gasteiger partial charge < -0.3 is 18.8 Å². The van der Waals surface area contributed by atoms with Gasteiger partial charge in [0.1, 0.15) is 5.75 Å². The van der Waals surface area contributed by atoms with Crippen LogP contribution >= 0.6 is 0 Å². The molecule has 0 unspecified atom stereocenters. The zero-order valence-electron chi connectivity index (χ0n) is 20.9. The third-order valence-electron chi connectivity index (χ3n) is 5.64. The van der Waals surface area contributed by atoms with Crippen molar-refractivity contribution in [2.24, 2.45) is 0 Å². The van der Waals surface area contributed by atoms with Crippen molar-refractivity contribution >= 4 is 16.9 Å². The van der Waals surface area contributed by atoms with E-state index in [2.05, 4.69) is 20.8 Å². The number of ether oxygens (including phenoxy) is 3. The molecule has 0 saturated carbocycles. The lowest BCUT2D eigenvalue weighted by Crippen LogP contribution is -2.25. The number of rotatable bonds is 16. The molecule has 6 heteroatoms. The Bertz CT molecular complexity index is 934. The van der Waals surface area contributed by atoms with Gasteiger partial charge in [0.15, 0.2) is 5.75 Å². The van der Waals surface area contributed by atoms with Gasteiger partial charge in [-0.05, 0) is 31.4 Å². The molecule has 6 nitrogen and oxygen atoms in total. The number of aromatic nitrogens is 1. The first-order valence-corrected chi connectivity index (χ1v) is 12.7. The fourth-order valence-electron chi connectivity index (χ4n) is 3.81. The van der Waals surface area contributed by atoms with Crippen molar-refractivity contribution < 1.29 is 19.0 Å². The molecule has 0 radical (unpaired) electrons. The van der Waals surface area contributed by atoms with Gasteiger partial charge in [0, 0.05) is 24.9 Å². The van der Waals surface area contributed by atoms with E-state index in [0.29, 0.717) is 25.5 Å². The van der Waals surface area contributed by atoms with Gasteiger partial charge in [0.25, 0.3) is 5.56 Å². The third kappa shape index (κ3) is 8.09. The lowest BCUT2D eigenvalue weighted by Gasteiger charge is -2.18. The number of nitrogens with zero attached hydrogens (tertiary/aromatic N) is 1. The standard InChI is InChI=1S/C27H41NO5/c1-5-8-11-13-18-31-22-15-16-23-24(20-22)28(17-10-7-3)27(30)26(33-21(4)29)25(23)32-19-14-12-9-6-2/h15-16,20H,5-14,17-19H2,1-4H3. The molecule has 0 spiro atoms. The van der Waals surface area contributed by atoms with Crippen LogP contribution < -0.4 is 19.8 Å². The Morgan fingerprint density at radius 2 is 1.45 bits per heavy atom. The molecule has 1 aromatic heterocycles. The summed E-state index contributed by atoms with van der Waals surface area (Å²) >= 11 is 0. The van der Waals surface area contributed by atoms with Crippen LogP contribution in [0, 0.1) is 0 Å². The van der Waals surface area contributed by atoms with Gasteiger partial charge >= 0.3 is 5.97 Å². The van der Waals surface area contributed by atoms with Gasteiger partial charge in [-0.2, -0.15) is 0 Å². The molecule has 0 aliphatic heterocycles. The quantitative estimate of drug-likeness (QED) is 0.208. The van der Waals surface area contributed by atoms with E-state index in [1.807, 2.05) is 18.2 Å². The minimum Gasteiger partial charge on any atom is -0.494 e. The number of pyridine rings is 1. The van der Waals surface area contributed by atoms with Crippen molar-refractivity contribution in [1.82, 2.24) is 4.57 Å². The number of carbonyl (C=O) groups excluding carboxylic acids is 1. The van der Waals surface area contributed by atoms with Crippen molar-refractivity contribution in [2.45, 2.75) is 98.4 Å². The first-order valence-electron chi connectivity index (χ1n) is 12.7. The van der Waals surface area contributed by atoms with Crippen molar-refractivity contribution in [3.05, 3.63) is 28.6 Å². The molecule has 1 aromatic carbocycles. The zero-order chi connectivity index (χ0) is 24.1. The Balaban J connectivity index is 2.45. The minimum atomic E-state index is -0.531. The Morgan fingerprint density at radius 1 is 0.818 bits per heavy atom. The Hall–Kier alpha value is -2.50. The largest absolute Gasteiger partial charge is 0.494 e. The third-order valence-corrected chi connectivity index (χ3v) is 5.64. The first-order chi connectivity index (χ1) is 16.0. The summed E-state index contributed by atoms with van der Waals surface area (Å²) < 4.78 is 19.1. The molecule has 0 amide bonds. The van der Waals surface area contributed by atoms with E-state index in [1.165, 1.54) is 19.8 Å². The molecule has 0 aliphatic rings. The maximum absolute atomic E-state index is 13.4. The smallest absolute Gasteiger partial charge is 0.308 e. The highest BCUT2D eigenvalue weighted by Gasteiger charge is 2.21. The Labute approximate surface area is 198 Å². The Morgan fingerprint density at radius 3 is 2.06 bits per heavy atom. The first kappa shape index (κ1) is 26.7. The van der Waals surface area contributed by atoms with Gasteiger partial charge in [-0.1, -0.05) is 65.7 Å². The molecular formula is C27H41NO5. The molecule has 184 valence electrons. The number of carbonyl (C=O) groups is 1. The van der Waals surface area contributed by atoms with Crippen LogP contribution in [-0.4, -0.2) is 23.8 Å². The molecule has 0 fully saturated rings. The van der Waals surface area contributed by atoms with Crippen LogP contribution in [0.4, 0.5) is 0 Å². The SMILES string of the molecule is CCCCCCOc1ccc2c(OCCCCCC)c(OC(C)=O)c(=O)n(CCCC)c2c1. The van der Waals surface area contributed by atoms with Crippen molar-refractivity contribution in [1.29, 1.82) is 0 Å². The average Bonchev–Trinajstić information content (AvgIpc) is 2.80. The van der Waals surface area contributed by atoms with Crippen molar-refractivity contribution in [3.63, 3.8) is 0 Å². The van der Waals surface area contributed by atoms with Crippen molar-refractivity contribution in [2.75, 3.05) is 13.2 Å². The van der Waals surface area contributed by atoms with Gasteiger partial charge in [-0.25, -0.2) is 0 Å². The summed E-state index contributed by atoms with van der Waals surface area (Å²) in [5.41, 5.74) is 0.411. The van der Waals surface area contributed by atoms with E-state index >= 15 is 0 Å². The molecule has 2 rings (SSSR count). The van der Waals surface area contributed by atoms with Crippen LogP contribution in [-0.2, 0) is 11.3 Å². The van der Waals surface area contributed by atoms with Crippen LogP contribution in [0.1, 0.15) is 91.9 Å². The van der Waals surface area contributed by atoms with Crippen LogP contribution in [0.15, 0.2) is 23.0 Å². The summed E-state index contributed by atoms with van der Waals surface area (Å²) in [6.45, 7) is 9.39. The number of benzene rings is 1. The lowest BCUT2D eigenvalue weighted by atomic mass is 10.1. The van der Waals surface area contributed by atoms with E-state index in [9.17, 15) is 9.59 Å². The topological polar surface area (TPSA) is 66.8 Å². The molecule has 0 N–H and O–H groups in total.